The molecule has 2 aliphatic heterocycles. The lowest BCUT2D eigenvalue weighted by atomic mass is 9.90. The Bertz CT molecular complexity index is 720. The van der Waals surface area contributed by atoms with Crippen molar-refractivity contribution < 1.29 is 9.59 Å². The van der Waals surface area contributed by atoms with Gasteiger partial charge in [0.15, 0.2) is 0 Å². The van der Waals surface area contributed by atoms with Gasteiger partial charge in [0, 0.05) is 25.2 Å². The normalized spacial score (nSPS) is 19.8. The fourth-order valence-electron chi connectivity index (χ4n) is 2.77. The van der Waals surface area contributed by atoms with Crippen LogP contribution in [-0.4, -0.2) is 47.0 Å². The third-order valence-electron chi connectivity index (χ3n) is 3.82. The highest BCUT2D eigenvalue weighted by Crippen LogP contribution is 2.26. The van der Waals surface area contributed by atoms with Gasteiger partial charge in [0.05, 0.1) is 21.3 Å². The summed E-state index contributed by atoms with van der Waals surface area (Å²) < 4.78 is 1.02. The molecule has 1 aromatic heterocycles. The van der Waals surface area contributed by atoms with Crippen LogP contribution in [0.3, 0.4) is 0 Å². The number of carbonyl (C=O) groups excluding carboxylic acids is 2. The van der Waals surface area contributed by atoms with Gasteiger partial charge in [-0.3, -0.25) is 4.79 Å². The number of hydrogen-bond acceptors (Lipinski definition) is 4. The van der Waals surface area contributed by atoms with E-state index >= 15 is 0 Å². The van der Waals surface area contributed by atoms with Crippen molar-refractivity contribution in [2.24, 2.45) is 0 Å². The molecule has 0 bridgehead atoms. The van der Waals surface area contributed by atoms with E-state index in [1.54, 1.807) is 16.5 Å². The largest absolute Gasteiger partial charge is 0.336 e. The van der Waals surface area contributed by atoms with E-state index in [1.807, 2.05) is 12.1 Å². The van der Waals surface area contributed by atoms with E-state index in [0.29, 0.717) is 25.2 Å². The van der Waals surface area contributed by atoms with Crippen molar-refractivity contribution in [1.29, 1.82) is 0 Å². The van der Waals surface area contributed by atoms with E-state index < -0.39 is 0 Å². The molecule has 2 N–H and O–H groups in total. The second-order valence-electron chi connectivity index (χ2n) is 5.28. The Morgan fingerprint density at radius 2 is 2.25 bits per heavy atom. The summed E-state index contributed by atoms with van der Waals surface area (Å²) in [5.74, 6) is 0.00655. The second-order valence-corrected chi connectivity index (χ2v) is 6.17. The Morgan fingerprint density at radius 3 is 3.00 bits per heavy atom. The van der Waals surface area contributed by atoms with E-state index in [-0.39, 0.29) is 17.5 Å². The highest BCUT2D eigenvalue weighted by atomic mass is 32.1. The lowest BCUT2D eigenvalue weighted by molar-refractivity contribution is 0.0397. The van der Waals surface area contributed by atoms with Gasteiger partial charge in [-0.1, -0.05) is 0 Å². The van der Waals surface area contributed by atoms with Crippen molar-refractivity contribution >= 4 is 33.5 Å². The van der Waals surface area contributed by atoms with Crippen LogP contribution in [0.5, 0.6) is 0 Å². The molecular weight excluding hydrogens is 276 g/mol. The summed E-state index contributed by atoms with van der Waals surface area (Å²) in [6, 6.07) is 5.41. The van der Waals surface area contributed by atoms with Gasteiger partial charge in [0.25, 0.3) is 5.91 Å². The lowest BCUT2D eigenvalue weighted by Crippen LogP contribution is -2.70. The fraction of sp³-hybridized carbons (Fsp3) is 0.308. The molecule has 2 fully saturated rings. The Kier molecular flexibility index (Phi) is 2.29. The molecule has 0 aliphatic carbocycles. The molecule has 2 saturated heterocycles. The summed E-state index contributed by atoms with van der Waals surface area (Å²) in [6.07, 6.45) is 0. The molecular formula is C13H12N4O2S. The van der Waals surface area contributed by atoms with Crippen LogP contribution in [0.1, 0.15) is 10.4 Å². The van der Waals surface area contributed by atoms with Gasteiger partial charge < -0.3 is 15.5 Å². The third kappa shape index (κ3) is 1.66. The van der Waals surface area contributed by atoms with Crippen LogP contribution in [0.25, 0.3) is 10.2 Å². The molecule has 1 spiro atoms. The maximum atomic E-state index is 12.4. The van der Waals surface area contributed by atoms with Gasteiger partial charge in [-0.05, 0) is 18.2 Å². The number of carbonyl (C=O) groups is 2. The number of likely N-dealkylation sites (tertiary alicyclic amines) is 1. The first-order valence-electron chi connectivity index (χ1n) is 6.34. The van der Waals surface area contributed by atoms with Gasteiger partial charge in [0.2, 0.25) is 0 Å². The first-order valence-corrected chi connectivity index (χ1v) is 7.22. The SMILES string of the molecule is O=C1NCC2(CN(C(=O)c3ccc4ncsc4c3)C2)N1. The molecule has 3 amide bonds. The molecule has 102 valence electrons. The minimum absolute atomic E-state index is 0.00655. The van der Waals surface area contributed by atoms with Crippen molar-refractivity contribution in [2.45, 2.75) is 5.54 Å². The Labute approximate surface area is 118 Å². The maximum absolute atomic E-state index is 12.4. The van der Waals surface area contributed by atoms with Crippen molar-refractivity contribution in [2.75, 3.05) is 19.6 Å². The van der Waals surface area contributed by atoms with E-state index in [2.05, 4.69) is 15.6 Å². The quantitative estimate of drug-likeness (QED) is 0.815. The minimum atomic E-state index is -0.263. The predicted molar refractivity (Wildman–Crippen MR) is 74.8 cm³/mol. The lowest BCUT2D eigenvalue weighted by Gasteiger charge is -2.46. The molecule has 0 atom stereocenters. The van der Waals surface area contributed by atoms with Crippen molar-refractivity contribution in [1.82, 2.24) is 20.5 Å². The number of benzene rings is 1. The smallest absolute Gasteiger partial charge is 0.315 e. The average molecular weight is 288 g/mol. The number of urea groups is 1. The number of aromatic nitrogens is 1. The Balaban J connectivity index is 1.52. The summed E-state index contributed by atoms with van der Waals surface area (Å²) in [4.78, 5) is 29.5. The highest BCUT2D eigenvalue weighted by Gasteiger charge is 2.49. The van der Waals surface area contributed by atoms with Crippen molar-refractivity contribution in [3.63, 3.8) is 0 Å². The third-order valence-corrected chi connectivity index (χ3v) is 4.61. The zero-order valence-corrected chi connectivity index (χ0v) is 11.4. The molecule has 2 aliphatic rings. The number of rotatable bonds is 1. The van der Waals surface area contributed by atoms with Gasteiger partial charge in [-0.15, -0.1) is 11.3 Å². The van der Waals surface area contributed by atoms with Gasteiger partial charge in [-0.25, -0.2) is 9.78 Å². The second kappa shape index (κ2) is 3.92. The number of nitrogens with zero attached hydrogens (tertiary/aromatic N) is 2. The fourth-order valence-corrected chi connectivity index (χ4v) is 3.48. The summed E-state index contributed by atoms with van der Waals surface area (Å²) in [5, 5.41) is 5.61. The standard InChI is InChI=1S/C13H12N4O2S/c18-11(8-1-2-9-10(3-8)20-7-15-9)17-5-13(6-17)4-14-12(19)16-13/h1-3,7H,4-6H2,(H2,14,16,19). The number of hydrogen-bond donors (Lipinski definition) is 2. The monoisotopic (exact) mass is 288 g/mol. The van der Waals surface area contributed by atoms with Crippen molar-refractivity contribution in [3.8, 4) is 0 Å². The zero-order valence-electron chi connectivity index (χ0n) is 10.5. The van der Waals surface area contributed by atoms with Crippen LogP contribution >= 0.6 is 11.3 Å². The predicted octanol–water partition coefficient (Wildman–Crippen LogP) is 0.804. The number of thiazole rings is 1. The highest BCUT2D eigenvalue weighted by molar-refractivity contribution is 7.16. The molecule has 3 heterocycles. The minimum Gasteiger partial charge on any atom is -0.336 e. The van der Waals surface area contributed by atoms with Gasteiger partial charge >= 0.3 is 6.03 Å². The molecule has 0 unspecified atom stereocenters. The molecule has 0 radical (unpaired) electrons. The van der Waals surface area contributed by atoms with E-state index in [9.17, 15) is 9.59 Å². The average Bonchev–Trinajstić information content (AvgIpc) is 3.01. The number of fused-ring (bicyclic) bond motifs is 1. The summed E-state index contributed by atoms with van der Waals surface area (Å²) >= 11 is 1.53. The van der Waals surface area contributed by atoms with Crippen LogP contribution in [-0.2, 0) is 0 Å². The Morgan fingerprint density at radius 1 is 1.40 bits per heavy atom. The molecule has 2 aromatic rings. The number of amides is 3. The Hall–Kier alpha value is -2.15. The summed E-state index contributed by atoms with van der Waals surface area (Å²) in [6.45, 7) is 1.71. The van der Waals surface area contributed by atoms with E-state index in [0.717, 1.165) is 10.2 Å². The van der Waals surface area contributed by atoms with Crippen LogP contribution in [0.4, 0.5) is 4.79 Å². The molecule has 20 heavy (non-hydrogen) atoms. The van der Waals surface area contributed by atoms with Crippen molar-refractivity contribution in [3.05, 3.63) is 29.3 Å². The summed E-state index contributed by atoms with van der Waals surface area (Å²) in [5.41, 5.74) is 3.10. The summed E-state index contributed by atoms with van der Waals surface area (Å²) in [7, 11) is 0. The van der Waals surface area contributed by atoms with Crippen LogP contribution in [0.15, 0.2) is 23.7 Å². The van der Waals surface area contributed by atoms with Crippen LogP contribution < -0.4 is 10.6 Å². The van der Waals surface area contributed by atoms with Gasteiger partial charge in [-0.2, -0.15) is 0 Å². The first kappa shape index (κ1) is 11.7. The zero-order chi connectivity index (χ0) is 13.7. The van der Waals surface area contributed by atoms with Crippen LogP contribution in [0, 0.1) is 0 Å². The maximum Gasteiger partial charge on any atom is 0.315 e. The molecule has 4 rings (SSSR count). The molecule has 7 heteroatoms. The number of nitrogens with one attached hydrogen (secondary N) is 2. The topological polar surface area (TPSA) is 74.3 Å². The molecule has 0 saturated carbocycles. The van der Waals surface area contributed by atoms with E-state index in [1.165, 1.54) is 11.3 Å². The first-order chi connectivity index (χ1) is 9.65. The van der Waals surface area contributed by atoms with E-state index in [4.69, 9.17) is 0 Å². The molecule has 6 nitrogen and oxygen atoms in total. The van der Waals surface area contributed by atoms with Gasteiger partial charge in [0.1, 0.15) is 0 Å². The molecule has 1 aromatic carbocycles. The van der Waals surface area contributed by atoms with Crippen LogP contribution in [0.2, 0.25) is 0 Å².